The summed E-state index contributed by atoms with van der Waals surface area (Å²) in [6.45, 7) is 9.45. The fourth-order valence-corrected chi connectivity index (χ4v) is 4.57. The number of rotatable bonds is 10. The summed E-state index contributed by atoms with van der Waals surface area (Å²) in [5.74, 6) is 1.70. The highest BCUT2D eigenvalue weighted by Crippen LogP contribution is 2.19. The monoisotopic (exact) mass is 443 g/mol. The Morgan fingerprint density at radius 1 is 1.30 bits per heavy atom. The van der Waals surface area contributed by atoms with Crippen molar-refractivity contribution in [2.75, 3.05) is 65.7 Å². The summed E-state index contributed by atoms with van der Waals surface area (Å²) in [5.41, 5.74) is 0. The number of ether oxygens (including phenoxy) is 1. The Bertz CT molecular complexity index is 741. The topological polar surface area (TPSA) is 90.6 Å². The molecule has 0 aliphatic carbocycles. The number of nitrogens with one attached hydrogen (secondary N) is 1. The number of guanidine groups is 1. The Morgan fingerprint density at radius 3 is 2.53 bits per heavy atom. The summed E-state index contributed by atoms with van der Waals surface area (Å²) in [5, 5.41) is 3.33. The molecule has 0 radical (unpaired) electrons. The van der Waals surface area contributed by atoms with Gasteiger partial charge >= 0.3 is 0 Å². The van der Waals surface area contributed by atoms with Crippen LogP contribution in [0.25, 0.3) is 0 Å². The van der Waals surface area contributed by atoms with Gasteiger partial charge in [0.2, 0.25) is 10.0 Å². The molecule has 1 aromatic heterocycles. The van der Waals surface area contributed by atoms with E-state index in [2.05, 4.69) is 15.1 Å². The quantitative estimate of drug-likeness (QED) is 0.429. The average Bonchev–Trinajstić information content (AvgIpc) is 3.21. The summed E-state index contributed by atoms with van der Waals surface area (Å²) in [4.78, 5) is 9.01. The van der Waals surface area contributed by atoms with E-state index in [1.54, 1.807) is 10.6 Å². The lowest BCUT2D eigenvalue weighted by Crippen LogP contribution is -2.54. The van der Waals surface area contributed by atoms with Crippen LogP contribution in [0.2, 0.25) is 0 Å². The zero-order valence-electron chi connectivity index (χ0n) is 18.9. The van der Waals surface area contributed by atoms with Crippen LogP contribution in [-0.4, -0.2) is 100 Å². The number of piperazine rings is 1. The van der Waals surface area contributed by atoms with E-state index in [0.717, 1.165) is 18.3 Å². The summed E-state index contributed by atoms with van der Waals surface area (Å²) < 4.78 is 37.6. The standard InChI is InChI=1S/C20H37N5O4S/c1-6-21-20(22-16-18(23(4)5)19-8-7-13-29-19)24-9-11-25(12-10-24)30(26,27)15-14-28-17(2)3/h7-8,13,17-18H,6,9-12,14-16H2,1-5H3,(H,21,22). The molecular formula is C20H37N5O4S. The molecule has 1 aliphatic rings. The van der Waals surface area contributed by atoms with Gasteiger partial charge in [0.25, 0.3) is 0 Å². The number of aliphatic imine (C=N–C) groups is 1. The third kappa shape index (κ3) is 7.26. The maximum Gasteiger partial charge on any atom is 0.216 e. The van der Waals surface area contributed by atoms with E-state index in [9.17, 15) is 8.42 Å². The molecule has 30 heavy (non-hydrogen) atoms. The first-order chi connectivity index (χ1) is 14.2. The summed E-state index contributed by atoms with van der Waals surface area (Å²) in [6.07, 6.45) is 1.70. The molecule has 0 spiro atoms. The predicted molar refractivity (Wildman–Crippen MR) is 119 cm³/mol. The lowest BCUT2D eigenvalue weighted by Gasteiger charge is -2.36. The number of likely N-dealkylation sites (N-methyl/N-ethyl adjacent to an activating group) is 1. The summed E-state index contributed by atoms with van der Waals surface area (Å²) in [7, 11) is 0.700. The van der Waals surface area contributed by atoms with Crippen LogP contribution in [0.5, 0.6) is 0 Å². The van der Waals surface area contributed by atoms with Crippen molar-refractivity contribution >= 4 is 16.0 Å². The molecule has 1 aromatic rings. The molecule has 2 rings (SSSR count). The first-order valence-electron chi connectivity index (χ1n) is 10.6. The molecule has 10 heteroatoms. The van der Waals surface area contributed by atoms with E-state index in [0.29, 0.717) is 32.7 Å². The predicted octanol–water partition coefficient (Wildman–Crippen LogP) is 1.22. The fraction of sp³-hybridized carbons (Fsp3) is 0.750. The van der Waals surface area contributed by atoms with E-state index in [1.165, 1.54) is 0 Å². The Labute approximate surface area is 181 Å². The van der Waals surface area contributed by atoms with Gasteiger partial charge in [-0.3, -0.25) is 9.89 Å². The maximum absolute atomic E-state index is 12.6. The van der Waals surface area contributed by atoms with E-state index < -0.39 is 10.0 Å². The van der Waals surface area contributed by atoms with Gasteiger partial charge in [0, 0.05) is 32.7 Å². The van der Waals surface area contributed by atoms with Crippen LogP contribution in [0.4, 0.5) is 0 Å². The van der Waals surface area contributed by atoms with Gasteiger partial charge in [0.1, 0.15) is 5.76 Å². The van der Waals surface area contributed by atoms with Gasteiger partial charge in [-0.05, 0) is 47.0 Å². The highest BCUT2D eigenvalue weighted by atomic mass is 32.2. The fourth-order valence-electron chi connectivity index (χ4n) is 3.28. The zero-order valence-corrected chi connectivity index (χ0v) is 19.7. The molecule has 1 unspecified atom stereocenters. The summed E-state index contributed by atoms with van der Waals surface area (Å²) >= 11 is 0. The molecule has 0 saturated carbocycles. The number of sulfonamides is 1. The van der Waals surface area contributed by atoms with Crippen molar-refractivity contribution in [2.45, 2.75) is 32.9 Å². The van der Waals surface area contributed by atoms with Crippen molar-refractivity contribution in [3.63, 3.8) is 0 Å². The number of hydrogen-bond acceptors (Lipinski definition) is 6. The molecule has 2 heterocycles. The van der Waals surface area contributed by atoms with E-state index in [4.69, 9.17) is 14.1 Å². The second-order valence-corrected chi connectivity index (χ2v) is 9.90. The molecule has 1 saturated heterocycles. The molecule has 9 nitrogen and oxygen atoms in total. The van der Waals surface area contributed by atoms with Crippen molar-refractivity contribution < 1.29 is 17.6 Å². The van der Waals surface area contributed by atoms with Gasteiger partial charge in [0.15, 0.2) is 5.96 Å². The normalized spacial score (nSPS) is 17.7. The van der Waals surface area contributed by atoms with Gasteiger partial charge < -0.3 is 19.4 Å². The molecule has 1 atom stereocenters. The first kappa shape index (κ1) is 24.6. The van der Waals surface area contributed by atoms with Crippen molar-refractivity contribution in [1.29, 1.82) is 0 Å². The minimum Gasteiger partial charge on any atom is -0.468 e. The van der Waals surface area contributed by atoms with Crippen LogP contribution in [0.15, 0.2) is 27.8 Å². The molecule has 0 amide bonds. The number of nitrogens with zero attached hydrogens (tertiary/aromatic N) is 4. The Hall–Kier alpha value is -1.62. The molecule has 0 aromatic carbocycles. The first-order valence-corrected chi connectivity index (χ1v) is 12.2. The van der Waals surface area contributed by atoms with Gasteiger partial charge in [0.05, 0.1) is 37.3 Å². The Kier molecular flexibility index (Phi) is 9.60. The number of hydrogen-bond donors (Lipinski definition) is 1. The van der Waals surface area contributed by atoms with Crippen LogP contribution in [-0.2, 0) is 14.8 Å². The molecule has 1 N–H and O–H groups in total. The second-order valence-electron chi connectivity index (χ2n) is 7.81. The lowest BCUT2D eigenvalue weighted by atomic mass is 10.2. The third-order valence-corrected chi connectivity index (χ3v) is 6.80. The zero-order chi connectivity index (χ0) is 22.1. The SMILES string of the molecule is CCNC(=NCC(c1ccco1)N(C)C)N1CCN(S(=O)(=O)CCOC(C)C)CC1. The molecule has 1 fully saturated rings. The Morgan fingerprint density at radius 2 is 2.00 bits per heavy atom. The van der Waals surface area contributed by atoms with Crippen molar-refractivity contribution in [2.24, 2.45) is 4.99 Å². The van der Waals surface area contributed by atoms with Crippen molar-refractivity contribution in [3.05, 3.63) is 24.2 Å². The van der Waals surface area contributed by atoms with Crippen LogP contribution in [0.1, 0.15) is 32.6 Å². The van der Waals surface area contributed by atoms with Gasteiger partial charge in [-0.15, -0.1) is 0 Å². The van der Waals surface area contributed by atoms with E-state index in [-0.39, 0.29) is 24.5 Å². The van der Waals surface area contributed by atoms with Crippen LogP contribution >= 0.6 is 0 Å². The van der Waals surface area contributed by atoms with Gasteiger partial charge in [-0.1, -0.05) is 0 Å². The maximum atomic E-state index is 12.6. The average molecular weight is 444 g/mol. The van der Waals surface area contributed by atoms with Crippen molar-refractivity contribution in [3.8, 4) is 0 Å². The summed E-state index contributed by atoms with van der Waals surface area (Å²) in [6, 6.07) is 3.88. The van der Waals surface area contributed by atoms with Crippen LogP contribution < -0.4 is 5.32 Å². The third-order valence-electron chi connectivity index (χ3n) is 4.97. The second kappa shape index (κ2) is 11.7. The minimum atomic E-state index is -3.30. The van der Waals surface area contributed by atoms with E-state index >= 15 is 0 Å². The highest BCUT2D eigenvalue weighted by molar-refractivity contribution is 7.89. The largest absolute Gasteiger partial charge is 0.468 e. The minimum absolute atomic E-state index is 0.0208. The van der Waals surface area contributed by atoms with Gasteiger partial charge in [-0.2, -0.15) is 4.31 Å². The molecule has 0 bridgehead atoms. The van der Waals surface area contributed by atoms with Crippen LogP contribution in [0.3, 0.4) is 0 Å². The Balaban J connectivity index is 1.97. The molecular weight excluding hydrogens is 406 g/mol. The van der Waals surface area contributed by atoms with Gasteiger partial charge in [-0.25, -0.2) is 8.42 Å². The smallest absolute Gasteiger partial charge is 0.216 e. The van der Waals surface area contributed by atoms with Crippen LogP contribution in [0, 0.1) is 0 Å². The highest BCUT2D eigenvalue weighted by Gasteiger charge is 2.28. The molecule has 172 valence electrons. The molecule has 1 aliphatic heterocycles. The number of furan rings is 1. The van der Waals surface area contributed by atoms with Crippen molar-refractivity contribution in [1.82, 2.24) is 19.4 Å². The lowest BCUT2D eigenvalue weighted by molar-refractivity contribution is 0.0904. The van der Waals surface area contributed by atoms with E-state index in [1.807, 2.05) is 47.0 Å².